The molecule has 0 radical (unpaired) electrons. The van der Waals surface area contributed by atoms with E-state index < -0.39 is 24.0 Å². The lowest BCUT2D eigenvalue weighted by Crippen LogP contribution is -2.64. The number of carboxylic acids is 1. The molecule has 0 bridgehead atoms. The van der Waals surface area contributed by atoms with Gasteiger partial charge in [0.05, 0.1) is 24.6 Å². The van der Waals surface area contributed by atoms with Gasteiger partial charge in [-0.1, -0.05) is 13.8 Å². The van der Waals surface area contributed by atoms with E-state index in [9.17, 15) is 29.4 Å². The Morgan fingerprint density at radius 1 is 1.33 bits per heavy atom. The molecule has 214 valence electrons. The molecular weight excluding hydrogens is 528 g/mol. The average Bonchev–Trinajstić information content (AvgIpc) is 3.67. The minimum absolute atomic E-state index is 0.000328. The van der Waals surface area contributed by atoms with Crippen molar-refractivity contribution in [2.45, 2.75) is 80.4 Å². The molecule has 15 heteroatoms. The standard InChI is InChI=1S/C24H36N8O6S/c1-11(5-13(34)8-30-10-27-28-29-30)18-19-12(2)21(20(24(37)38)32(19)23(18)36)39-14-6-16(26-7-14)22(35)31-4-3-15(25)17(31)9-33/h10-12,14-21,26,33H,3-9,25H2,1-2H3,(H,37,38)/t11?,12?,14-,15?,16?,17?,18-,19-,20?,21?/m1/s1. The van der Waals surface area contributed by atoms with Gasteiger partial charge in [0, 0.05) is 42.1 Å². The van der Waals surface area contributed by atoms with Crippen LogP contribution in [0.1, 0.15) is 33.1 Å². The highest BCUT2D eigenvalue weighted by Crippen LogP contribution is 2.51. The van der Waals surface area contributed by atoms with Crippen LogP contribution in [0.25, 0.3) is 0 Å². The summed E-state index contributed by atoms with van der Waals surface area (Å²) in [4.78, 5) is 54.4. The number of nitrogens with one attached hydrogen (secondary N) is 1. The molecule has 39 heavy (non-hydrogen) atoms. The van der Waals surface area contributed by atoms with Crippen LogP contribution >= 0.6 is 11.8 Å². The summed E-state index contributed by atoms with van der Waals surface area (Å²) in [5.41, 5.74) is 6.05. The van der Waals surface area contributed by atoms with Gasteiger partial charge < -0.3 is 31.1 Å². The number of aliphatic hydroxyl groups excluding tert-OH is 1. The number of aromatic nitrogens is 4. The molecule has 1 aromatic heterocycles. The molecule has 4 fully saturated rings. The van der Waals surface area contributed by atoms with Crippen molar-refractivity contribution in [1.29, 1.82) is 0 Å². The minimum Gasteiger partial charge on any atom is -0.480 e. The van der Waals surface area contributed by atoms with Crippen LogP contribution in [-0.4, -0.2) is 124 Å². The number of rotatable bonds is 10. The van der Waals surface area contributed by atoms with Crippen molar-refractivity contribution in [2.75, 3.05) is 19.7 Å². The molecule has 4 saturated heterocycles. The first kappa shape index (κ1) is 27.9. The maximum Gasteiger partial charge on any atom is 0.327 e. The number of tetrazole rings is 1. The van der Waals surface area contributed by atoms with Gasteiger partial charge in [0.2, 0.25) is 11.8 Å². The predicted molar refractivity (Wildman–Crippen MR) is 138 cm³/mol. The van der Waals surface area contributed by atoms with Gasteiger partial charge in [-0.2, -0.15) is 11.8 Å². The Balaban J connectivity index is 1.22. The van der Waals surface area contributed by atoms with E-state index in [1.54, 1.807) is 4.90 Å². The predicted octanol–water partition coefficient (Wildman–Crippen LogP) is -2.05. The van der Waals surface area contributed by atoms with Crippen molar-refractivity contribution >= 4 is 35.3 Å². The number of fused-ring (bicyclic) bond motifs is 1. The van der Waals surface area contributed by atoms with E-state index in [1.807, 2.05) is 13.8 Å². The number of carbonyl (C=O) groups is 4. The Bertz CT molecular complexity index is 1110. The van der Waals surface area contributed by atoms with E-state index in [-0.39, 0.29) is 77.6 Å². The van der Waals surface area contributed by atoms with Crippen LogP contribution in [-0.2, 0) is 25.7 Å². The van der Waals surface area contributed by atoms with Crippen LogP contribution in [0.3, 0.4) is 0 Å². The third-order valence-electron chi connectivity index (χ3n) is 8.85. The number of thioether (sulfide) groups is 1. The van der Waals surface area contributed by atoms with Crippen LogP contribution < -0.4 is 11.1 Å². The molecule has 5 heterocycles. The normalized spacial score (nSPS) is 36.6. The zero-order valence-corrected chi connectivity index (χ0v) is 22.8. The molecule has 0 spiro atoms. The Hall–Kier alpha value is -2.62. The van der Waals surface area contributed by atoms with Crippen molar-refractivity contribution < 1.29 is 29.4 Å². The molecule has 7 unspecified atom stereocenters. The number of amides is 2. The first-order chi connectivity index (χ1) is 18.6. The van der Waals surface area contributed by atoms with Gasteiger partial charge in [-0.05, 0) is 35.1 Å². The Kier molecular flexibility index (Phi) is 7.95. The van der Waals surface area contributed by atoms with Gasteiger partial charge in [0.15, 0.2) is 5.78 Å². The number of nitrogens with two attached hydrogens (primary N) is 1. The minimum atomic E-state index is -1.04. The number of carbonyl (C=O) groups excluding carboxylic acids is 3. The third-order valence-corrected chi connectivity index (χ3v) is 10.6. The number of Topliss-reactive ketones (excluding diaryl/α,β-unsaturated/α-hetero) is 1. The lowest BCUT2D eigenvalue weighted by molar-refractivity contribution is -0.168. The second-order valence-corrected chi connectivity index (χ2v) is 12.8. The van der Waals surface area contributed by atoms with Crippen LogP contribution in [0.15, 0.2) is 6.33 Å². The summed E-state index contributed by atoms with van der Waals surface area (Å²) in [5.74, 6) is -2.20. The molecule has 0 saturated carbocycles. The van der Waals surface area contributed by atoms with Crippen molar-refractivity contribution in [2.24, 2.45) is 23.5 Å². The Morgan fingerprint density at radius 3 is 2.77 bits per heavy atom. The molecule has 5 N–H and O–H groups in total. The number of aliphatic carboxylic acids is 1. The number of ketones is 1. The average molecular weight is 565 g/mol. The summed E-state index contributed by atoms with van der Waals surface area (Å²) in [6.07, 6.45) is 2.72. The maximum atomic E-state index is 13.2. The van der Waals surface area contributed by atoms with E-state index in [0.717, 1.165) is 0 Å². The van der Waals surface area contributed by atoms with Gasteiger partial charge in [-0.15, -0.1) is 5.10 Å². The molecule has 4 aliphatic rings. The molecule has 14 nitrogen and oxygen atoms in total. The second-order valence-electron chi connectivity index (χ2n) is 11.3. The number of likely N-dealkylation sites (tertiary alicyclic amines) is 1. The fraction of sp³-hybridized carbons (Fsp3) is 0.792. The van der Waals surface area contributed by atoms with Gasteiger partial charge in [0.1, 0.15) is 18.9 Å². The van der Waals surface area contributed by atoms with Crippen LogP contribution in [0, 0.1) is 17.8 Å². The van der Waals surface area contributed by atoms with Gasteiger partial charge in [-0.3, -0.25) is 14.4 Å². The SMILES string of the molecule is CC(CC(=O)Cn1cnnn1)[C@H]1C(=O)N2C(C(=O)O)C(S[C@H]3CNC(C(=O)N4CCC(N)C4CO)C3)C(C)[C@H]12. The van der Waals surface area contributed by atoms with Crippen LogP contribution in [0.4, 0.5) is 0 Å². The van der Waals surface area contributed by atoms with Crippen molar-refractivity contribution in [3.05, 3.63) is 6.33 Å². The van der Waals surface area contributed by atoms with Crippen molar-refractivity contribution in [1.82, 2.24) is 35.3 Å². The maximum absolute atomic E-state index is 13.2. The van der Waals surface area contributed by atoms with Crippen molar-refractivity contribution in [3.8, 4) is 0 Å². The fourth-order valence-corrected chi connectivity index (χ4v) is 8.67. The highest BCUT2D eigenvalue weighted by atomic mass is 32.2. The summed E-state index contributed by atoms with van der Waals surface area (Å²) in [6, 6.07) is -2.25. The van der Waals surface area contributed by atoms with Gasteiger partial charge in [-0.25, -0.2) is 9.48 Å². The Labute approximate surface area is 230 Å². The molecule has 1 aromatic rings. The molecule has 10 atom stereocenters. The summed E-state index contributed by atoms with van der Waals surface area (Å²) in [6.45, 7) is 4.75. The third kappa shape index (κ3) is 5.05. The van der Waals surface area contributed by atoms with E-state index in [0.29, 0.717) is 25.9 Å². The van der Waals surface area contributed by atoms with E-state index >= 15 is 0 Å². The number of nitrogens with zero attached hydrogens (tertiary/aromatic N) is 6. The molecule has 5 rings (SSSR count). The summed E-state index contributed by atoms with van der Waals surface area (Å²) < 4.78 is 1.34. The first-order valence-electron chi connectivity index (χ1n) is 13.5. The van der Waals surface area contributed by atoms with Gasteiger partial charge in [0.25, 0.3) is 0 Å². The lowest BCUT2D eigenvalue weighted by Gasteiger charge is -2.48. The number of β-lactam (4-membered cyclic amide) rings is 1. The highest BCUT2D eigenvalue weighted by Gasteiger charge is 2.64. The smallest absolute Gasteiger partial charge is 0.327 e. The number of hydrogen-bond donors (Lipinski definition) is 4. The van der Waals surface area contributed by atoms with E-state index in [1.165, 1.54) is 27.7 Å². The molecular formula is C24H36N8O6S. The van der Waals surface area contributed by atoms with E-state index in [4.69, 9.17) is 5.73 Å². The topological polar surface area (TPSA) is 197 Å². The number of hydrogen-bond acceptors (Lipinski definition) is 11. The molecule has 4 aliphatic heterocycles. The summed E-state index contributed by atoms with van der Waals surface area (Å²) >= 11 is 1.54. The van der Waals surface area contributed by atoms with Crippen molar-refractivity contribution in [3.63, 3.8) is 0 Å². The zero-order chi connectivity index (χ0) is 28.0. The van der Waals surface area contributed by atoms with Gasteiger partial charge >= 0.3 is 5.97 Å². The monoisotopic (exact) mass is 564 g/mol. The van der Waals surface area contributed by atoms with Crippen LogP contribution in [0.2, 0.25) is 0 Å². The molecule has 0 aliphatic carbocycles. The fourth-order valence-electron chi connectivity index (χ4n) is 6.92. The quantitative estimate of drug-likeness (QED) is 0.227. The van der Waals surface area contributed by atoms with Crippen LogP contribution in [0.5, 0.6) is 0 Å². The largest absolute Gasteiger partial charge is 0.480 e. The number of carboxylic acid groups (broad SMARTS) is 1. The molecule has 0 aromatic carbocycles. The zero-order valence-electron chi connectivity index (χ0n) is 22.0. The molecule has 2 amide bonds. The highest BCUT2D eigenvalue weighted by molar-refractivity contribution is 8.00. The Morgan fingerprint density at radius 2 is 2.10 bits per heavy atom. The summed E-state index contributed by atoms with van der Waals surface area (Å²) in [7, 11) is 0. The second kappa shape index (κ2) is 11.1. The first-order valence-corrected chi connectivity index (χ1v) is 14.4. The number of aliphatic hydroxyl groups is 1. The van der Waals surface area contributed by atoms with E-state index in [2.05, 4.69) is 20.8 Å². The summed E-state index contributed by atoms with van der Waals surface area (Å²) in [5, 5.41) is 33.5. The lowest BCUT2D eigenvalue weighted by atomic mass is 9.73.